The van der Waals surface area contributed by atoms with Gasteiger partial charge in [-0.15, -0.1) is 0 Å². The molecule has 180 valence electrons. The van der Waals surface area contributed by atoms with Gasteiger partial charge in [0.05, 0.1) is 23.5 Å². The van der Waals surface area contributed by atoms with Gasteiger partial charge in [-0.05, 0) is 37.1 Å². The lowest BCUT2D eigenvalue weighted by atomic mass is 10.1. The summed E-state index contributed by atoms with van der Waals surface area (Å²) in [7, 11) is 0. The number of nitrogens with zero attached hydrogens (tertiary/aromatic N) is 1. The topological polar surface area (TPSA) is 86.0 Å². The van der Waals surface area contributed by atoms with Gasteiger partial charge in [-0.2, -0.15) is 0 Å². The second-order valence-corrected chi connectivity index (χ2v) is 14.0. The Hall–Kier alpha value is -0.0200. The maximum Gasteiger partial charge on any atom is 0.275 e. The highest BCUT2D eigenvalue weighted by molar-refractivity contribution is 6.78. The summed E-state index contributed by atoms with van der Waals surface area (Å²) in [6, 6.07) is 4.76. The number of likely N-dealkylation sites (tertiary alicyclic amines) is 1. The van der Waals surface area contributed by atoms with E-state index in [1.54, 1.807) is 12.1 Å². The van der Waals surface area contributed by atoms with Crippen molar-refractivity contribution in [3.63, 3.8) is 0 Å². The summed E-state index contributed by atoms with van der Waals surface area (Å²) < 4.78 is -6.60. The lowest BCUT2D eigenvalue weighted by Crippen LogP contribution is -2.40. The lowest BCUT2D eigenvalue weighted by molar-refractivity contribution is -0.133. The van der Waals surface area contributed by atoms with Crippen molar-refractivity contribution >= 4 is 122 Å². The highest BCUT2D eigenvalue weighted by atomic mass is 35.6. The van der Waals surface area contributed by atoms with Crippen molar-refractivity contribution in [2.24, 2.45) is 0 Å². The number of ketones is 2. The van der Waals surface area contributed by atoms with Crippen LogP contribution in [-0.4, -0.2) is 43.7 Å². The number of rotatable bonds is 4. The molecule has 2 aromatic rings. The van der Waals surface area contributed by atoms with Crippen molar-refractivity contribution in [3.8, 4) is 0 Å². The minimum atomic E-state index is -2.27. The molecule has 2 aromatic heterocycles. The van der Waals surface area contributed by atoms with E-state index >= 15 is 0 Å². The van der Waals surface area contributed by atoms with Crippen LogP contribution in [0, 0.1) is 0 Å². The van der Waals surface area contributed by atoms with Crippen molar-refractivity contribution in [2.45, 2.75) is 36.3 Å². The fourth-order valence-corrected chi connectivity index (χ4v) is 4.54. The molecule has 0 saturated carbocycles. The van der Waals surface area contributed by atoms with Gasteiger partial charge in [0.2, 0.25) is 11.6 Å². The van der Waals surface area contributed by atoms with Gasteiger partial charge in [-0.25, -0.2) is 0 Å². The zero-order chi connectivity index (χ0) is 24.9. The van der Waals surface area contributed by atoms with Crippen molar-refractivity contribution in [3.05, 3.63) is 47.0 Å². The molecule has 0 spiro atoms. The molecule has 2 N–H and O–H groups in total. The van der Waals surface area contributed by atoms with E-state index in [1.165, 1.54) is 17.0 Å². The van der Waals surface area contributed by atoms with E-state index in [0.29, 0.717) is 24.2 Å². The number of amides is 1. The number of alkyl halides is 9. The van der Waals surface area contributed by atoms with E-state index in [-0.39, 0.29) is 11.4 Å². The molecule has 3 heterocycles. The van der Waals surface area contributed by atoms with E-state index in [2.05, 4.69) is 9.97 Å². The molecule has 1 fully saturated rings. The van der Waals surface area contributed by atoms with Crippen LogP contribution in [0.2, 0.25) is 0 Å². The Kier molecular flexibility index (Phi) is 8.18. The second-order valence-electron chi connectivity index (χ2n) is 7.13. The molecule has 3 rings (SSSR count). The number of aromatic nitrogens is 2. The third-order valence-corrected chi connectivity index (χ3v) is 6.52. The van der Waals surface area contributed by atoms with Crippen LogP contribution in [0.15, 0.2) is 24.3 Å². The van der Waals surface area contributed by atoms with Crippen molar-refractivity contribution in [1.29, 1.82) is 0 Å². The van der Waals surface area contributed by atoms with Crippen LogP contribution in [0.5, 0.6) is 0 Å². The maximum atomic E-state index is 13.1. The summed E-state index contributed by atoms with van der Waals surface area (Å²) in [5.41, 5.74) is 0.985. The molecular weight excluding hydrogens is 625 g/mol. The Morgan fingerprint density at radius 2 is 1.03 bits per heavy atom. The fraction of sp³-hybridized carbons (Fsp3) is 0.389. The first-order chi connectivity index (χ1) is 15.0. The van der Waals surface area contributed by atoms with E-state index in [1.807, 2.05) is 0 Å². The first-order valence-corrected chi connectivity index (χ1v) is 12.4. The monoisotopic (exact) mass is 633 g/mol. The normalized spacial score (nSPS) is 19.7. The summed E-state index contributed by atoms with van der Waals surface area (Å²) in [6.45, 7) is 0. The SMILES string of the molecule is O=C(c1ccc([C@H]2CC[C@@H](c3ccc(C(=O)C(Cl)(Cl)Cl)[nH]3)N2C(=O)C(Cl)(Cl)Cl)[nH]1)C(Cl)(Cl)Cl. The van der Waals surface area contributed by atoms with Gasteiger partial charge < -0.3 is 14.9 Å². The Morgan fingerprint density at radius 1 is 0.667 bits per heavy atom. The predicted molar refractivity (Wildman–Crippen MR) is 133 cm³/mol. The largest absolute Gasteiger partial charge is 0.354 e. The standard InChI is InChI=1S/C18H12Cl9N3O3/c19-16(20,21)13(31)9-3-1-7(28-9)11-5-6-12(30(11)15(33)18(25,26)27)8-2-4-10(29-8)14(32)17(22,23)24/h1-4,11-12,28-29H,5-6H2/t11-,12+. The molecule has 0 radical (unpaired) electrons. The van der Waals surface area contributed by atoms with Crippen molar-refractivity contribution < 1.29 is 14.4 Å². The predicted octanol–water partition coefficient (Wildman–Crippen LogP) is 7.22. The molecule has 2 atom stereocenters. The smallest absolute Gasteiger partial charge is 0.275 e. The van der Waals surface area contributed by atoms with E-state index in [9.17, 15) is 14.4 Å². The molecular formula is C18H12Cl9N3O3. The molecule has 33 heavy (non-hydrogen) atoms. The summed E-state index contributed by atoms with van der Waals surface area (Å²) in [4.78, 5) is 44.7. The summed E-state index contributed by atoms with van der Waals surface area (Å²) in [5, 5.41) is 0. The molecule has 0 aromatic carbocycles. The van der Waals surface area contributed by atoms with Crippen LogP contribution in [0.1, 0.15) is 57.3 Å². The number of nitrogens with one attached hydrogen (secondary N) is 2. The number of halogens is 9. The molecule has 0 unspecified atom stereocenters. The molecule has 1 aliphatic rings. The van der Waals surface area contributed by atoms with E-state index in [4.69, 9.17) is 104 Å². The van der Waals surface area contributed by atoms with E-state index < -0.39 is 40.9 Å². The average Bonchev–Trinajstić information content (AvgIpc) is 3.41. The molecule has 1 saturated heterocycles. The molecule has 0 bridgehead atoms. The number of Topliss-reactive ketones (excluding diaryl/α,β-unsaturated/α-hetero) is 2. The number of carbonyl (C=O) groups excluding carboxylic acids is 3. The van der Waals surface area contributed by atoms with Gasteiger partial charge in [0.25, 0.3) is 17.3 Å². The van der Waals surface area contributed by atoms with Gasteiger partial charge in [0.15, 0.2) is 0 Å². The van der Waals surface area contributed by atoms with Gasteiger partial charge in [-0.3, -0.25) is 14.4 Å². The van der Waals surface area contributed by atoms with Crippen LogP contribution in [-0.2, 0) is 4.79 Å². The zero-order valence-electron chi connectivity index (χ0n) is 16.0. The van der Waals surface area contributed by atoms with Crippen LogP contribution < -0.4 is 0 Å². The Labute approximate surface area is 233 Å². The number of hydrogen-bond acceptors (Lipinski definition) is 3. The molecule has 0 aliphatic carbocycles. The Balaban J connectivity index is 1.97. The van der Waals surface area contributed by atoms with Gasteiger partial charge in [-0.1, -0.05) is 104 Å². The quantitative estimate of drug-likeness (QED) is 0.274. The van der Waals surface area contributed by atoms with Gasteiger partial charge >= 0.3 is 0 Å². The summed E-state index contributed by atoms with van der Waals surface area (Å²) in [6.07, 6.45) is 0.845. The number of hydrogen-bond donors (Lipinski definition) is 2. The third-order valence-electron chi connectivity index (χ3n) is 5.00. The minimum Gasteiger partial charge on any atom is -0.354 e. The van der Waals surface area contributed by atoms with Gasteiger partial charge in [0, 0.05) is 11.4 Å². The van der Waals surface area contributed by atoms with Crippen LogP contribution in [0.3, 0.4) is 0 Å². The van der Waals surface area contributed by atoms with Crippen LogP contribution >= 0.6 is 104 Å². The first-order valence-electron chi connectivity index (χ1n) is 9.02. The third kappa shape index (κ3) is 6.04. The minimum absolute atomic E-state index is 0.0326. The zero-order valence-corrected chi connectivity index (χ0v) is 22.8. The summed E-state index contributed by atoms with van der Waals surface area (Å²) >= 11 is 51.8. The first kappa shape index (κ1) is 27.6. The lowest BCUT2D eigenvalue weighted by Gasteiger charge is -2.32. The van der Waals surface area contributed by atoms with Crippen molar-refractivity contribution in [2.75, 3.05) is 0 Å². The highest BCUT2D eigenvalue weighted by Gasteiger charge is 2.47. The maximum absolute atomic E-state index is 13.1. The molecule has 1 amide bonds. The van der Waals surface area contributed by atoms with Gasteiger partial charge in [0.1, 0.15) is 0 Å². The fourth-order valence-electron chi connectivity index (χ4n) is 3.63. The number of aromatic amines is 2. The Morgan fingerprint density at radius 3 is 1.33 bits per heavy atom. The van der Waals surface area contributed by atoms with Crippen LogP contribution in [0.4, 0.5) is 0 Å². The van der Waals surface area contributed by atoms with Crippen LogP contribution in [0.25, 0.3) is 0 Å². The van der Waals surface area contributed by atoms with E-state index in [0.717, 1.165) is 0 Å². The summed E-state index contributed by atoms with van der Waals surface area (Å²) in [5.74, 6) is -2.36. The molecule has 1 aliphatic heterocycles. The highest BCUT2D eigenvalue weighted by Crippen LogP contribution is 2.47. The van der Waals surface area contributed by atoms with Crippen molar-refractivity contribution in [1.82, 2.24) is 14.9 Å². The Bertz CT molecular complexity index is 1010. The number of H-pyrrole nitrogens is 2. The number of carbonyl (C=O) groups is 3. The molecule has 6 nitrogen and oxygen atoms in total. The average molecular weight is 637 g/mol. The molecule has 15 heteroatoms. The second kappa shape index (κ2) is 9.79.